The zero-order valence-electron chi connectivity index (χ0n) is 8.94. The smallest absolute Gasteiger partial charge is 0.279 e. The number of nitro benzene ring substituents is 1. The first-order chi connectivity index (χ1) is 8.49. The van der Waals surface area contributed by atoms with Crippen molar-refractivity contribution < 1.29 is 24.4 Å². The van der Waals surface area contributed by atoms with E-state index in [1.807, 2.05) is 0 Å². The van der Waals surface area contributed by atoms with Crippen molar-refractivity contribution in [3.63, 3.8) is 0 Å². The third-order valence-corrected chi connectivity index (χ3v) is 2.40. The van der Waals surface area contributed by atoms with Gasteiger partial charge in [-0.1, -0.05) is 0 Å². The van der Waals surface area contributed by atoms with Crippen molar-refractivity contribution >= 4 is 5.69 Å². The van der Waals surface area contributed by atoms with Crippen LogP contribution in [-0.2, 0) is 0 Å². The van der Waals surface area contributed by atoms with E-state index in [0.29, 0.717) is 0 Å². The van der Waals surface area contributed by atoms with Crippen LogP contribution in [0.2, 0.25) is 0 Å². The van der Waals surface area contributed by atoms with Gasteiger partial charge in [-0.2, -0.15) is 0 Å². The van der Waals surface area contributed by atoms with E-state index >= 15 is 0 Å². The lowest BCUT2D eigenvalue weighted by Crippen LogP contribution is -2.13. The highest BCUT2D eigenvalue weighted by molar-refractivity contribution is 5.55. The minimum Gasteiger partial charge on any atom is -0.454 e. The molecule has 9 nitrogen and oxygen atoms in total. The number of ether oxygens (including phenoxy) is 2. The summed E-state index contributed by atoms with van der Waals surface area (Å²) in [6.45, 7) is -0.901. The van der Waals surface area contributed by atoms with Crippen molar-refractivity contribution in [3.8, 4) is 11.5 Å². The minimum absolute atomic E-state index is 0.0821. The molecule has 0 fully saturated rings. The standard InChI is InChI=1S/C9H8N2O7/c12-7(3-10(13)14)5-1-8-9(18-4-17-8)2-6(5)11(15)16/h1-2,7,12H,3-4H2. The average molecular weight is 256 g/mol. The van der Waals surface area contributed by atoms with Gasteiger partial charge in [-0.05, 0) is 6.07 Å². The first-order valence-corrected chi connectivity index (χ1v) is 4.87. The van der Waals surface area contributed by atoms with Crippen LogP contribution in [0.4, 0.5) is 5.69 Å². The van der Waals surface area contributed by atoms with Crippen molar-refractivity contribution in [1.82, 2.24) is 0 Å². The molecule has 1 heterocycles. The molecule has 1 atom stereocenters. The molecule has 18 heavy (non-hydrogen) atoms. The maximum absolute atomic E-state index is 10.8. The van der Waals surface area contributed by atoms with Crippen LogP contribution >= 0.6 is 0 Å². The fourth-order valence-corrected chi connectivity index (χ4v) is 1.61. The highest BCUT2D eigenvalue weighted by Crippen LogP contribution is 2.40. The SMILES string of the molecule is O=[N+]([O-])CC(O)c1cc2c(cc1[N+](=O)[O-])OCO2. The van der Waals surface area contributed by atoms with Gasteiger partial charge in [0, 0.05) is 4.92 Å². The molecule has 0 bridgehead atoms. The first-order valence-electron chi connectivity index (χ1n) is 4.87. The topological polar surface area (TPSA) is 125 Å². The number of benzene rings is 1. The van der Waals surface area contributed by atoms with E-state index in [0.717, 1.165) is 6.07 Å². The molecule has 0 spiro atoms. The fraction of sp³-hybridized carbons (Fsp3) is 0.333. The Kier molecular flexibility index (Phi) is 2.98. The molecule has 1 aliphatic rings. The predicted molar refractivity (Wildman–Crippen MR) is 56.0 cm³/mol. The van der Waals surface area contributed by atoms with Gasteiger partial charge in [0.05, 0.1) is 16.6 Å². The Hall–Kier alpha value is -2.42. The van der Waals surface area contributed by atoms with Gasteiger partial charge in [0.2, 0.25) is 13.3 Å². The number of hydrogen-bond acceptors (Lipinski definition) is 7. The van der Waals surface area contributed by atoms with E-state index in [-0.39, 0.29) is 23.9 Å². The summed E-state index contributed by atoms with van der Waals surface area (Å²) in [6, 6.07) is 2.27. The summed E-state index contributed by atoms with van der Waals surface area (Å²) in [5, 5.41) is 30.8. The Morgan fingerprint density at radius 2 is 1.89 bits per heavy atom. The summed E-state index contributed by atoms with van der Waals surface area (Å²) in [5.41, 5.74) is -0.602. The van der Waals surface area contributed by atoms with E-state index < -0.39 is 28.2 Å². The zero-order valence-corrected chi connectivity index (χ0v) is 8.94. The molecule has 0 aromatic heterocycles. The summed E-state index contributed by atoms with van der Waals surface area (Å²) >= 11 is 0. The van der Waals surface area contributed by atoms with Crippen molar-refractivity contribution in [2.75, 3.05) is 13.3 Å². The number of nitro groups is 2. The highest BCUT2D eigenvalue weighted by atomic mass is 16.7. The van der Waals surface area contributed by atoms with Crippen molar-refractivity contribution in [2.24, 2.45) is 0 Å². The lowest BCUT2D eigenvalue weighted by atomic mass is 10.1. The fourth-order valence-electron chi connectivity index (χ4n) is 1.61. The van der Waals surface area contributed by atoms with Crippen molar-refractivity contribution in [1.29, 1.82) is 0 Å². The Balaban J connectivity index is 2.44. The van der Waals surface area contributed by atoms with Crippen LogP contribution in [0.5, 0.6) is 11.5 Å². The molecule has 1 aromatic carbocycles. The van der Waals surface area contributed by atoms with Gasteiger partial charge in [-0.3, -0.25) is 20.2 Å². The monoisotopic (exact) mass is 256 g/mol. The average Bonchev–Trinajstić information content (AvgIpc) is 2.72. The number of aliphatic hydroxyl groups is 1. The van der Waals surface area contributed by atoms with Gasteiger partial charge in [-0.15, -0.1) is 0 Å². The lowest BCUT2D eigenvalue weighted by molar-refractivity contribution is -0.492. The van der Waals surface area contributed by atoms with Crippen LogP contribution in [0.15, 0.2) is 12.1 Å². The van der Waals surface area contributed by atoms with Gasteiger partial charge in [0.15, 0.2) is 17.6 Å². The second-order valence-corrected chi connectivity index (χ2v) is 3.55. The quantitative estimate of drug-likeness (QED) is 0.618. The summed E-state index contributed by atoms with van der Waals surface area (Å²) in [7, 11) is 0. The molecule has 1 N–H and O–H groups in total. The molecule has 1 aromatic rings. The number of fused-ring (bicyclic) bond motifs is 1. The van der Waals surface area contributed by atoms with Crippen LogP contribution in [0.1, 0.15) is 11.7 Å². The maximum atomic E-state index is 10.8. The zero-order chi connectivity index (χ0) is 13.3. The van der Waals surface area contributed by atoms with Gasteiger partial charge in [-0.25, -0.2) is 0 Å². The highest BCUT2D eigenvalue weighted by Gasteiger charge is 2.29. The van der Waals surface area contributed by atoms with Crippen LogP contribution in [-0.4, -0.2) is 28.3 Å². The van der Waals surface area contributed by atoms with Crippen LogP contribution in [0.25, 0.3) is 0 Å². The van der Waals surface area contributed by atoms with Crippen molar-refractivity contribution in [3.05, 3.63) is 37.9 Å². The Morgan fingerprint density at radius 3 is 2.44 bits per heavy atom. The normalized spacial score (nSPS) is 14.3. The molecular formula is C9H8N2O7. The Bertz CT molecular complexity index is 516. The number of nitrogens with zero attached hydrogens (tertiary/aromatic N) is 2. The molecular weight excluding hydrogens is 248 g/mol. The molecule has 1 aliphatic heterocycles. The van der Waals surface area contributed by atoms with Gasteiger partial charge in [0.25, 0.3) is 5.69 Å². The number of hydrogen-bond donors (Lipinski definition) is 1. The molecule has 0 radical (unpaired) electrons. The number of rotatable bonds is 4. The summed E-state index contributed by atoms with van der Waals surface area (Å²) in [5.74, 6) is 0.400. The molecule has 0 aliphatic carbocycles. The van der Waals surface area contributed by atoms with E-state index in [4.69, 9.17) is 9.47 Å². The third kappa shape index (κ3) is 2.15. The van der Waals surface area contributed by atoms with Gasteiger partial charge < -0.3 is 14.6 Å². The molecule has 0 saturated carbocycles. The molecule has 9 heteroatoms. The summed E-state index contributed by atoms with van der Waals surface area (Å²) < 4.78 is 9.97. The van der Waals surface area contributed by atoms with Gasteiger partial charge in [0.1, 0.15) is 0 Å². The van der Waals surface area contributed by atoms with Gasteiger partial charge >= 0.3 is 0 Å². The maximum Gasteiger partial charge on any atom is 0.279 e. The first kappa shape index (κ1) is 12.0. The van der Waals surface area contributed by atoms with Crippen molar-refractivity contribution in [2.45, 2.75) is 6.10 Å². The largest absolute Gasteiger partial charge is 0.454 e. The second-order valence-electron chi connectivity index (χ2n) is 3.55. The van der Waals surface area contributed by atoms with Crippen LogP contribution in [0, 0.1) is 20.2 Å². The third-order valence-electron chi connectivity index (χ3n) is 2.40. The Morgan fingerprint density at radius 1 is 1.28 bits per heavy atom. The second kappa shape index (κ2) is 4.45. The molecule has 0 amide bonds. The summed E-state index contributed by atoms with van der Waals surface area (Å²) in [4.78, 5) is 19.7. The van der Waals surface area contributed by atoms with E-state index in [1.165, 1.54) is 6.07 Å². The lowest BCUT2D eigenvalue weighted by Gasteiger charge is -2.08. The summed E-state index contributed by atoms with van der Waals surface area (Å²) in [6.07, 6.45) is -1.57. The van der Waals surface area contributed by atoms with Crippen LogP contribution < -0.4 is 9.47 Å². The van der Waals surface area contributed by atoms with E-state index in [2.05, 4.69) is 0 Å². The molecule has 0 saturated heterocycles. The van der Waals surface area contributed by atoms with E-state index in [1.54, 1.807) is 0 Å². The minimum atomic E-state index is -1.57. The predicted octanol–water partition coefficient (Wildman–Crippen LogP) is 0.634. The van der Waals surface area contributed by atoms with Crippen LogP contribution in [0.3, 0.4) is 0 Å². The number of aliphatic hydroxyl groups excluding tert-OH is 1. The Labute approximate surface area is 99.8 Å². The van der Waals surface area contributed by atoms with E-state index in [9.17, 15) is 25.3 Å². The molecule has 2 rings (SSSR count). The molecule has 1 unspecified atom stereocenters. The molecule has 96 valence electrons.